The van der Waals surface area contributed by atoms with Gasteiger partial charge in [-0.15, -0.1) is 0 Å². The van der Waals surface area contributed by atoms with Crippen molar-refractivity contribution in [1.82, 2.24) is 5.32 Å². The van der Waals surface area contributed by atoms with E-state index in [1.54, 1.807) is 24.3 Å². The number of rotatable bonds is 6. The van der Waals surface area contributed by atoms with E-state index in [2.05, 4.69) is 5.32 Å². The van der Waals surface area contributed by atoms with Gasteiger partial charge in [0.05, 0.1) is 25.2 Å². The van der Waals surface area contributed by atoms with Gasteiger partial charge in [-0.25, -0.2) is 0 Å². The van der Waals surface area contributed by atoms with Crippen LogP contribution in [0.5, 0.6) is 0 Å². The predicted molar refractivity (Wildman–Crippen MR) is 73.7 cm³/mol. The average Bonchev–Trinajstić information content (AvgIpc) is 2.35. The molecule has 0 aliphatic heterocycles. The molecule has 0 fully saturated rings. The zero-order chi connectivity index (χ0) is 14.3. The molecule has 1 aromatic rings. The molecule has 1 N–H and O–H groups in total. The van der Waals surface area contributed by atoms with E-state index in [9.17, 15) is 4.79 Å². The molecule has 0 aliphatic carbocycles. The Kier molecular flexibility index (Phi) is 6.34. The number of benzene rings is 1. The minimum Gasteiger partial charge on any atom is -0.378 e. The van der Waals surface area contributed by atoms with Gasteiger partial charge in [-0.05, 0) is 31.5 Å². The number of halogens is 1. The lowest BCUT2D eigenvalue weighted by molar-refractivity contribution is -0.122. The second-order valence-electron chi connectivity index (χ2n) is 4.35. The van der Waals surface area contributed by atoms with E-state index in [1.807, 2.05) is 19.9 Å². The van der Waals surface area contributed by atoms with Crippen LogP contribution in [0.4, 0.5) is 0 Å². The summed E-state index contributed by atoms with van der Waals surface area (Å²) in [6.45, 7) is 4.15. The van der Waals surface area contributed by atoms with Gasteiger partial charge in [0.15, 0.2) is 0 Å². The average molecular weight is 281 g/mol. The van der Waals surface area contributed by atoms with E-state index in [-0.39, 0.29) is 18.4 Å². The summed E-state index contributed by atoms with van der Waals surface area (Å²) in [6, 6.07) is 8.24. The van der Waals surface area contributed by atoms with Crippen molar-refractivity contribution < 1.29 is 9.53 Å². The monoisotopic (exact) mass is 280 g/mol. The molecule has 5 heteroatoms. The minimum atomic E-state index is -0.690. The highest BCUT2D eigenvalue weighted by Crippen LogP contribution is 2.17. The highest BCUT2D eigenvalue weighted by molar-refractivity contribution is 6.30. The van der Waals surface area contributed by atoms with Gasteiger partial charge >= 0.3 is 0 Å². The molecule has 4 nitrogen and oxygen atoms in total. The largest absolute Gasteiger partial charge is 0.378 e. The summed E-state index contributed by atoms with van der Waals surface area (Å²) in [5, 5.41) is 12.3. The summed E-state index contributed by atoms with van der Waals surface area (Å²) >= 11 is 5.86. The molecule has 0 unspecified atom stereocenters. The summed E-state index contributed by atoms with van der Waals surface area (Å²) in [4.78, 5) is 11.7. The topological polar surface area (TPSA) is 62.1 Å². The molecule has 1 rings (SSSR count). The van der Waals surface area contributed by atoms with E-state index in [4.69, 9.17) is 21.6 Å². The van der Waals surface area contributed by atoms with Crippen molar-refractivity contribution >= 4 is 17.5 Å². The maximum absolute atomic E-state index is 11.7. The van der Waals surface area contributed by atoms with Gasteiger partial charge in [-0.2, -0.15) is 5.26 Å². The first-order valence-electron chi connectivity index (χ1n) is 6.09. The maximum Gasteiger partial charge on any atom is 0.223 e. The van der Waals surface area contributed by atoms with Crippen molar-refractivity contribution in [3.05, 3.63) is 34.9 Å². The zero-order valence-electron chi connectivity index (χ0n) is 11.0. The van der Waals surface area contributed by atoms with Gasteiger partial charge in [0, 0.05) is 5.02 Å². The summed E-state index contributed by atoms with van der Waals surface area (Å²) in [5.41, 5.74) is 0.674. The van der Waals surface area contributed by atoms with Crippen LogP contribution in [-0.4, -0.2) is 18.6 Å². The third kappa shape index (κ3) is 5.73. The van der Waals surface area contributed by atoms with Crippen LogP contribution in [0.2, 0.25) is 5.02 Å². The quantitative estimate of drug-likeness (QED) is 0.871. The number of ether oxygens (including phenoxy) is 1. The van der Waals surface area contributed by atoms with Gasteiger partial charge in [0.2, 0.25) is 5.91 Å². The van der Waals surface area contributed by atoms with E-state index in [0.29, 0.717) is 17.2 Å². The molecule has 0 saturated carbocycles. The molecule has 0 aromatic heterocycles. The molecule has 1 aromatic carbocycles. The molecule has 0 radical (unpaired) electrons. The number of amides is 1. The Morgan fingerprint density at radius 1 is 1.53 bits per heavy atom. The van der Waals surface area contributed by atoms with Crippen LogP contribution < -0.4 is 5.32 Å². The third-order valence-corrected chi connectivity index (χ3v) is 2.63. The predicted octanol–water partition coefficient (Wildman–Crippen LogP) is 2.84. The molecule has 0 heterocycles. The number of hydrogen-bond donors (Lipinski definition) is 1. The smallest absolute Gasteiger partial charge is 0.223 e. The highest BCUT2D eigenvalue weighted by atomic mass is 35.5. The van der Waals surface area contributed by atoms with Gasteiger partial charge in [-0.3, -0.25) is 4.79 Å². The fourth-order valence-electron chi connectivity index (χ4n) is 1.50. The molecule has 0 bridgehead atoms. The lowest BCUT2D eigenvalue weighted by Gasteiger charge is -2.13. The number of nitriles is 1. The molecular formula is C14H17ClN2O2. The minimum absolute atomic E-state index is 0.0903. The normalized spacial score (nSPS) is 11.9. The van der Waals surface area contributed by atoms with Crippen molar-refractivity contribution in [1.29, 1.82) is 5.26 Å². The van der Waals surface area contributed by atoms with Crippen LogP contribution in [0.15, 0.2) is 24.3 Å². The molecule has 0 saturated heterocycles. The summed E-state index contributed by atoms with van der Waals surface area (Å²) < 4.78 is 5.29. The summed E-state index contributed by atoms with van der Waals surface area (Å²) in [7, 11) is 0. The Bertz CT molecular complexity index is 469. The van der Waals surface area contributed by atoms with Crippen LogP contribution in [0, 0.1) is 11.3 Å². The van der Waals surface area contributed by atoms with Crippen molar-refractivity contribution in [3.63, 3.8) is 0 Å². The van der Waals surface area contributed by atoms with Crippen LogP contribution in [0.25, 0.3) is 0 Å². The molecule has 1 atom stereocenters. The van der Waals surface area contributed by atoms with Gasteiger partial charge in [0.1, 0.15) is 6.04 Å². The number of nitrogens with zero attached hydrogens (tertiary/aromatic N) is 1. The molecule has 19 heavy (non-hydrogen) atoms. The van der Waals surface area contributed by atoms with Gasteiger partial charge < -0.3 is 10.1 Å². The standard InChI is InChI=1S/C14H17ClN2O2/c1-10(2)19-7-6-14(18)17-13(9-16)11-4-3-5-12(15)8-11/h3-5,8,10,13H,6-7H2,1-2H3,(H,17,18)/t13-/m1/s1. The Morgan fingerprint density at radius 2 is 2.26 bits per heavy atom. The molecular weight excluding hydrogens is 264 g/mol. The Labute approximate surface area is 118 Å². The Morgan fingerprint density at radius 3 is 2.84 bits per heavy atom. The Hall–Kier alpha value is -1.57. The molecule has 0 spiro atoms. The number of hydrogen-bond acceptors (Lipinski definition) is 3. The summed E-state index contributed by atoms with van der Waals surface area (Å²) in [6.07, 6.45) is 0.323. The van der Waals surface area contributed by atoms with E-state index >= 15 is 0 Å². The second kappa shape index (κ2) is 7.78. The molecule has 102 valence electrons. The van der Waals surface area contributed by atoms with Crippen LogP contribution in [0.3, 0.4) is 0 Å². The lowest BCUT2D eigenvalue weighted by Crippen LogP contribution is -2.28. The van der Waals surface area contributed by atoms with E-state index in [1.165, 1.54) is 0 Å². The number of carbonyl (C=O) groups is 1. The molecule has 1 amide bonds. The fourth-order valence-corrected chi connectivity index (χ4v) is 1.70. The maximum atomic E-state index is 11.7. The first-order chi connectivity index (χ1) is 9.02. The fraction of sp³-hybridized carbons (Fsp3) is 0.429. The molecule has 0 aliphatic rings. The zero-order valence-corrected chi connectivity index (χ0v) is 11.8. The van der Waals surface area contributed by atoms with Crippen molar-refractivity contribution in [3.8, 4) is 6.07 Å². The van der Waals surface area contributed by atoms with Gasteiger partial charge in [-0.1, -0.05) is 23.7 Å². The first-order valence-corrected chi connectivity index (χ1v) is 6.46. The van der Waals surface area contributed by atoms with E-state index < -0.39 is 6.04 Å². The van der Waals surface area contributed by atoms with Crippen molar-refractivity contribution in [2.24, 2.45) is 0 Å². The SMILES string of the molecule is CC(C)OCCC(=O)N[C@H](C#N)c1cccc(Cl)c1. The van der Waals surface area contributed by atoms with Crippen molar-refractivity contribution in [2.45, 2.75) is 32.4 Å². The van der Waals surface area contributed by atoms with Crippen LogP contribution in [0.1, 0.15) is 31.9 Å². The van der Waals surface area contributed by atoms with Crippen LogP contribution in [-0.2, 0) is 9.53 Å². The van der Waals surface area contributed by atoms with Gasteiger partial charge in [0.25, 0.3) is 0 Å². The third-order valence-electron chi connectivity index (χ3n) is 2.40. The van der Waals surface area contributed by atoms with E-state index in [0.717, 1.165) is 0 Å². The summed E-state index contributed by atoms with van der Waals surface area (Å²) in [5.74, 6) is -0.216. The second-order valence-corrected chi connectivity index (χ2v) is 4.79. The van der Waals surface area contributed by atoms with Crippen molar-refractivity contribution in [2.75, 3.05) is 6.61 Å². The lowest BCUT2D eigenvalue weighted by atomic mass is 10.1. The highest BCUT2D eigenvalue weighted by Gasteiger charge is 2.14. The van der Waals surface area contributed by atoms with Crippen LogP contribution >= 0.6 is 11.6 Å². The number of carbonyl (C=O) groups excluding carboxylic acids is 1. The number of nitrogens with one attached hydrogen (secondary N) is 1. The first kappa shape index (κ1) is 15.5. The Balaban J connectivity index is 2.53.